The van der Waals surface area contributed by atoms with Crippen molar-refractivity contribution in [2.75, 3.05) is 19.7 Å². The van der Waals surface area contributed by atoms with Crippen molar-refractivity contribution in [3.63, 3.8) is 0 Å². The van der Waals surface area contributed by atoms with Crippen LogP contribution in [-0.4, -0.2) is 58.5 Å². The Bertz CT molecular complexity index is 901. The minimum absolute atomic E-state index is 0.0362. The second kappa shape index (κ2) is 8.97. The van der Waals surface area contributed by atoms with Gasteiger partial charge in [0.25, 0.3) is 5.91 Å². The lowest BCUT2D eigenvalue weighted by Crippen LogP contribution is -2.49. The molecule has 2 aromatic rings. The van der Waals surface area contributed by atoms with Gasteiger partial charge in [-0.1, -0.05) is 29.8 Å². The molecule has 0 spiro atoms. The van der Waals surface area contributed by atoms with Gasteiger partial charge in [0.2, 0.25) is 0 Å². The molecular formula is C21H26ClN3O4. The molecular weight excluding hydrogens is 394 g/mol. The monoisotopic (exact) mass is 419 g/mol. The minimum Gasteiger partial charge on any atom is -0.452 e. The maximum absolute atomic E-state index is 12.6. The summed E-state index contributed by atoms with van der Waals surface area (Å²) in [6.45, 7) is 8.53. The smallest absolute Gasteiger partial charge is 0.342 e. The first-order valence-corrected chi connectivity index (χ1v) is 10.0. The van der Waals surface area contributed by atoms with Crippen molar-refractivity contribution in [1.29, 1.82) is 0 Å². The Labute approximate surface area is 175 Å². The van der Waals surface area contributed by atoms with Crippen molar-refractivity contribution >= 4 is 23.5 Å². The van der Waals surface area contributed by atoms with Gasteiger partial charge in [-0.2, -0.15) is 5.10 Å². The van der Waals surface area contributed by atoms with Crippen molar-refractivity contribution in [1.82, 2.24) is 14.7 Å². The summed E-state index contributed by atoms with van der Waals surface area (Å²) in [7, 11) is 0. The van der Waals surface area contributed by atoms with Gasteiger partial charge in [0, 0.05) is 18.1 Å². The topological polar surface area (TPSA) is 73.7 Å². The summed E-state index contributed by atoms with van der Waals surface area (Å²) >= 11 is 6.23. The van der Waals surface area contributed by atoms with Crippen LogP contribution in [-0.2, 0) is 20.8 Å². The van der Waals surface area contributed by atoms with Crippen LogP contribution in [0.4, 0.5) is 0 Å². The zero-order valence-electron chi connectivity index (χ0n) is 17.1. The van der Waals surface area contributed by atoms with E-state index >= 15 is 0 Å². The van der Waals surface area contributed by atoms with E-state index in [4.69, 9.17) is 21.1 Å². The Morgan fingerprint density at radius 2 is 1.86 bits per heavy atom. The predicted molar refractivity (Wildman–Crippen MR) is 109 cm³/mol. The SMILES string of the molecule is Cc1nn(Cc2ccccc2Cl)c(C)c1C(=O)OCC(=O)N1C[C@H](C)O[C@@H](C)C1. The molecule has 2 atom stereocenters. The fourth-order valence-corrected chi connectivity index (χ4v) is 3.80. The standard InChI is InChI=1S/C21H26ClN3O4/c1-13-9-24(10-14(2)29-13)19(26)12-28-21(27)20-15(3)23-25(16(20)4)11-17-7-5-6-8-18(17)22/h5-8,13-14H,9-12H2,1-4H3/t13-,14-/m0/s1. The number of rotatable bonds is 5. The normalized spacial score (nSPS) is 19.3. The molecule has 0 N–H and O–H groups in total. The van der Waals surface area contributed by atoms with Crippen molar-refractivity contribution in [2.45, 2.75) is 46.4 Å². The summed E-state index contributed by atoms with van der Waals surface area (Å²) < 4.78 is 12.7. The highest BCUT2D eigenvalue weighted by molar-refractivity contribution is 6.31. The fourth-order valence-electron chi connectivity index (χ4n) is 3.61. The molecule has 1 amide bonds. The van der Waals surface area contributed by atoms with Crippen LogP contribution in [0.25, 0.3) is 0 Å². The fraction of sp³-hybridized carbons (Fsp3) is 0.476. The predicted octanol–water partition coefficient (Wildman–Crippen LogP) is 2.99. The van der Waals surface area contributed by atoms with Gasteiger partial charge in [0.05, 0.1) is 30.1 Å². The molecule has 0 radical (unpaired) electrons. The van der Waals surface area contributed by atoms with E-state index in [1.807, 2.05) is 38.1 Å². The highest BCUT2D eigenvalue weighted by Crippen LogP contribution is 2.20. The van der Waals surface area contributed by atoms with Crippen LogP contribution in [0, 0.1) is 13.8 Å². The molecule has 156 valence electrons. The number of esters is 1. The lowest BCUT2D eigenvalue weighted by Gasteiger charge is -2.35. The van der Waals surface area contributed by atoms with Crippen LogP contribution in [0.15, 0.2) is 24.3 Å². The second-order valence-electron chi connectivity index (χ2n) is 7.43. The lowest BCUT2D eigenvalue weighted by atomic mass is 10.2. The maximum atomic E-state index is 12.6. The highest BCUT2D eigenvalue weighted by Gasteiger charge is 2.27. The Balaban J connectivity index is 1.66. The third-order valence-corrected chi connectivity index (χ3v) is 5.33. The minimum atomic E-state index is -0.548. The van der Waals surface area contributed by atoms with E-state index in [1.54, 1.807) is 23.4 Å². The number of benzene rings is 1. The van der Waals surface area contributed by atoms with Gasteiger partial charge in [-0.25, -0.2) is 4.79 Å². The number of amides is 1. The number of hydrogen-bond acceptors (Lipinski definition) is 5. The van der Waals surface area contributed by atoms with E-state index < -0.39 is 5.97 Å². The van der Waals surface area contributed by atoms with E-state index in [0.29, 0.717) is 41.6 Å². The first kappa shape index (κ1) is 21.3. The number of morpholine rings is 1. The molecule has 7 nitrogen and oxygen atoms in total. The van der Waals surface area contributed by atoms with E-state index in [0.717, 1.165) is 5.56 Å². The van der Waals surface area contributed by atoms with Crippen LogP contribution in [0.2, 0.25) is 5.02 Å². The number of carbonyl (C=O) groups excluding carboxylic acids is 2. The zero-order chi connectivity index (χ0) is 21.1. The average molecular weight is 420 g/mol. The maximum Gasteiger partial charge on any atom is 0.342 e. The van der Waals surface area contributed by atoms with Crippen LogP contribution in [0.3, 0.4) is 0 Å². The van der Waals surface area contributed by atoms with E-state index in [2.05, 4.69) is 5.10 Å². The summed E-state index contributed by atoms with van der Waals surface area (Å²) in [5.74, 6) is -0.771. The number of carbonyl (C=O) groups is 2. The molecule has 8 heteroatoms. The third-order valence-electron chi connectivity index (χ3n) is 4.96. The van der Waals surface area contributed by atoms with Crippen LogP contribution in [0.5, 0.6) is 0 Å². The molecule has 1 fully saturated rings. The molecule has 1 aliphatic heterocycles. The summed E-state index contributed by atoms with van der Waals surface area (Å²) in [6, 6.07) is 7.50. The Kier molecular flexibility index (Phi) is 6.59. The van der Waals surface area contributed by atoms with Crippen molar-refractivity contribution < 1.29 is 19.1 Å². The van der Waals surface area contributed by atoms with Gasteiger partial charge in [0.1, 0.15) is 5.56 Å². The molecule has 29 heavy (non-hydrogen) atoms. The summed E-state index contributed by atoms with van der Waals surface area (Å²) in [5.41, 5.74) is 2.52. The number of aryl methyl sites for hydroxylation is 1. The Hall–Kier alpha value is -2.38. The van der Waals surface area contributed by atoms with Gasteiger partial charge in [-0.3, -0.25) is 9.48 Å². The largest absolute Gasteiger partial charge is 0.452 e. The van der Waals surface area contributed by atoms with E-state index in [9.17, 15) is 9.59 Å². The molecule has 0 aliphatic carbocycles. The first-order valence-electron chi connectivity index (χ1n) is 9.64. The van der Waals surface area contributed by atoms with Crippen molar-refractivity contribution in [3.05, 3.63) is 51.8 Å². The van der Waals surface area contributed by atoms with Crippen LogP contribution in [0.1, 0.15) is 41.2 Å². The van der Waals surface area contributed by atoms with Crippen molar-refractivity contribution in [2.24, 2.45) is 0 Å². The number of hydrogen-bond donors (Lipinski definition) is 0. The van der Waals surface area contributed by atoms with Gasteiger partial charge < -0.3 is 14.4 Å². The lowest BCUT2D eigenvalue weighted by molar-refractivity contribution is -0.146. The Morgan fingerprint density at radius 1 is 1.21 bits per heavy atom. The molecule has 2 heterocycles. The highest BCUT2D eigenvalue weighted by atomic mass is 35.5. The first-order chi connectivity index (χ1) is 13.8. The molecule has 0 unspecified atom stereocenters. The molecule has 3 rings (SSSR count). The second-order valence-corrected chi connectivity index (χ2v) is 7.83. The zero-order valence-corrected chi connectivity index (χ0v) is 17.9. The number of halogens is 1. The van der Waals surface area contributed by atoms with E-state index in [-0.39, 0.29) is 24.7 Å². The summed E-state index contributed by atoms with van der Waals surface area (Å²) in [6.07, 6.45) is -0.0723. The van der Waals surface area contributed by atoms with Crippen LogP contribution >= 0.6 is 11.6 Å². The molecule has 1 saturated heterocycles. The molecule has 0 saturated carbocycles. The van der Waals surface area contributed by atoms with E-state index in [1.165, 1.54) is 0 Å². The molecule has 1 aliphatic rings. The van der Waals surface area contributed by atoms with Gasteiger partial charge in [-0.15, -0.1) is 0 Å². The average Bonchev–Trinajstić information content (AvgIpc) is 2.94. The van der Waals surface area contributed by atoms with Crippen LogP contribution < -0.4 is 0 Å². The quantitative estimate of drug-likeness (QED) is 0.696. The van der Waals surface area contributed by atoms with Crippen molar-refractivity contribution in [3.8, 4) is 0 Å². The number of aromatic nitrogens is 2. The molecule has 1 aromatic heterocycles. The molecule has 0 bridgehead atoms. The summed E-state index contributed by atoms with van der Waals surface area (Å²) in [4.78, 5) is 26.7. The Morgan fingerprint density at radius 3 is 2.52 bits per heavy atom. The number of ether oxygens (including phenoxy) is 2. The molecule has 1 aromatic carbocycles. The number of nitrogens with zero attached hydrogens (tertiary/aromatic N) is 3. The van der Waals surface area contributed by atoms with Gasteiger partial charge in [0.15, 0.2) is 6.61 Å². The third kappa shape index (κ3) is 4.97. The summed E-state index contributed by atoms with van der Waals surface area (Å²) in [5, 5.41) is 5.09. The van der Waals surface area contributed by atoms with Gasteiger partial charge >= 0.3 is 5.97 Å². The van der Waals surface area contributed by atoms with Gasteiger partial charge in [-0.05, 0) is 39.3 Å².